The minimum atomic E-state index is -4.31. The lowest BCUT2D eigenvalue weighted by atomic mass is 9.94. The number of nitrogens with zero attached hydrogens (tertiary/aromatic N) is 1. The van der Waals surface area contributed by atoms with Gasteiger partial charge in [0.15, 0.2) is 0 Å². The summed E-state index contributed by atoms with van der Waals surface area (Å²) in [4.78, 5) is 14.3. The van der Waals surface area contributed by atoms with Crippen LogP contribution in [0.4, 0.5) is 13.2 Å². The molecule has 2 heterocycles. The summed E-state index contributed by atoms with van der Waals surface area (Å²) in [5.41, 5.74) is -1.79. The van der Waals surface area contributed by atoms with Gasteiger partial charge in [0, 0.05) is 6.54 Å². The zero-order chi connectivity index (χ0) is 15.5. The molecule has 0 radical (unpaired) electrons. The van der Waals surface area contributed by atoms with Crippen molar-refractivity contribution in [3.63, 3.8) is 0 Å². The lowest BCUT2D eigenvalue weighted by molar-refractivity contribution is -0.183. The van der Waals surface area contributed by atoms with E-state index in [2.05, 4.69) is 0 Å². The second kappa shape index (κ2) is 4.59. The fourth-order valence-corrected chi connectivity index (χ4v) is 3.43. The van der Waals surface area contributed by atoms with Crippen LogP contribution in [0, 0.1) is 5.41 Å². The SMILES string of the molecule is CC1(C)CN(C(=O)C2(CC(F)(F)F)CC2)[C@@H]2COC[C@H]2O1. The minimum Gasteiger partial charge on any atom is -0.376 e. The predicted octanol–water partition coefficient (Wildman–Crippen LogP) is 2.12. The van der Waals surface area contributed by atoms with Gasteiger partial charge in [-0.05, 0) is 26.7 Å². The van der Waals surface area contributed by atoms with Crippen LogP contribution in [-0.2, 0) is 14.3 Å². The first-order valence-electron chi connectivity index (χ1n) is 7.25. The standard InChI is InChI=1S/C14H20F3NO3/c1-12(2)8-18(9-5-20-6-10(9)21-12)11(19)13(3-4-13)7-14(15,16)17/h9-10H,3-8H2,1-2H3/t9-,10-/m1/s1. The highest BCUT2D eigenvalue weighted by Crippen LogP contribution is 2.55. The Morgan fingerprint density at radius 2 is 1.95 bits per heavy atom. The number of fused-ring (bicyclic) bond motifs is 1. The molecule has 1 amide bonds. The lowest BCUT2D eigenvalue weighted by Gasteiger charge is -2.46. The topological polar surface area (TPSA) is 38.8 Å². The molecule has 0 unspecified atom stereocenters. The number of rotatable bonds is 2. The van der Waals surface area contributed by atoms with Crippen molar-refractivity contribution >= 4 is 5.91 Å². The molecule has 0 aromatic carbocycles. The second-order valence-corrected chi connectivity index (χ2v) is 7.03. The van der Waals surface area contributed by atoms with Crippen molar-refractivity contribution in [1.82, 2.24) is 4.90 Å². The number of hydrogen-bond donors (Lipinski definition) is 0. The van der Waals surface area contributed by atoms with Crippen LogP contribution in [0.2, 0.25) is 0 Å². The Balaban J connectivity index is 1.80. The zero-order valence-corrected chi connectivity index (χ0v) is 12.2. The van der Waals surface area contributed by atoms with E-state index in [1.165, 1.54) is 0 Å². The molecule has 0 aromatic rings. The molecule has 1 aliphatic carbocycles. The molecular weight excluding hydrogens is 287 g/mol. The van der Waals surface area contributed by atoms with Gasteiger partial charge in [-0.3, -0.25) is 4.79 Å². The molecule has 2 saturated heterocycles. The maximum absolute atomic E-state index is 12.7. The van der Waals surface area contributed by atoms with Crippen LogP contribution in [0.25, 0.3) is 0 Å². The van der Waals surface area contributed by atoms with Gasteiger partial charge < -0.3 is 14.4 Å². The van der Waals surface area contributed by atoms with Crippen LogP contribution >= 0.6 is 0 Å². The van der Waals surface area contributed by atoms with Crippen molar-refractivity contribution in [3.8, 4) is 0 Å². The van der Waals surface area contributed by atoms with E-state index >= 15 is 0 Å². The summed E-state index contributed by atoms with van der Waals surface area (Å²) >= 11 is 0. The maximum atomic E-state index is 12.7. The van der Waals surface area contributed by atoms with Gasteiger partial charge in [-0.15, -0.1) is 0 Å². The highest BCUT2D eigenvalue weighted by Gasteiger charge is 2.60. The van der Waals surface area contributed by atoms with Crippen molar-refractivity contribution in [3.05, 3.63) is 0 Å². The molecular formula is C14H20F3NO3. The van der Waals surface area contributed by atoms with E-state index in [0.717, 1.165) is 0 Å². The first-order valence-corrected chi connectivity index (χ1v) is 7.25. The molecule has 0 bridgehead atoms. The Kier molecular flexibility index (Phi) is 3.30. The van der Waals surface area contributed by atoms with Crippen LogP contribution in [0.1, 0.15) is 33.1 Å². The molecule has 3 aliphatic rings. The first-order chi connectivity index (χ1) is 9.62. The normalized spacial score (nSPS) is 33.7. The number of ether oxygens (including phenoxy) is 2. The molecule has 120 valence electrons. The van der Waals surface area contributed by atoms with Gasteiger partial charge in [0.1, 0.15) is 6.10 Å². The number of carbonyl (C=O) groups excluding carboxylic acids is 1. The lowest BCUT2D eigenvalue weighted by Crippen LogP contribution is -2.61. The van der Waals surface area contributed by atoms with E-state index in [-0.39, 0.29) is 18.1 Å². The summed E-state index contributed by atoms with van der Waals surface area (Å²) in [7, 11) is 0. The highest BCUT2D eigenvalue weighted by molar-refractivity contribution is 5.86. The first kappa shape index (κ1) is 15.1. The number of morpholine rings is 1. The van der Waals surface area contributed by atoms with E-state index < -0.39 is 23.6 Å². The summed E-state index contributed by atoms with van der Waals surface area (Å²) in [6.07, 6.45) is -4.92. The van der Waals surface area contributed by atoms with Crippen LogP contribution in [-0.4, -0.2) is 54.5 Å². The molecule has 4 nitrogen and oxygen atoms in total. The molecule has 0 spiro atoms. The Morgan fingerprint density at radius 1 is 1.29 bits per heavy atom. The van der Waals surface area contributed by atoms with Gasteiger partial charge in [-0.25, -0.2) is 0 Å². The van der Waals surface area contributed by atoms with Crippen LogP contribution in [0.15, 0.2) is 0 Å². The van der Waals surface area contributed by atoms with Crippen molar-refractivity contribution in [2.75, 3.05) is 19.8 Å². The zero-order valence-electron chi connectivity index (χ0n) is 12.2. The molecule has 21 heavy (non-hydrogen) atoms. The van der Waals surface area contributed by atoms with E-state index in [4.69, 9.17) is 9.47 Å². The van der Waals surface area contributed by atoms with Crippen molar-refractivity contribution in [2.45, 2.75) is 57.0 Å². The maximum Gasteiger partial charge on any atom is 0.390 e. The van der Waals surface area contributed by atoms with E-state index in [1.54, 1.807) is 4.90 Å². The van der Waals surface area contributed by atoms with E-state index in [1.807, 2.05) is 13.8 Å². The number of halogens is 3. The van der Waals surface area contributed by atoms with E-state index in [9.17, 15) is 18.0 Å². The Labute approximate surface area is 121 Å². The van der Waals surface area contributed by atoms with Crippen LogP contribution < -0.4 is 0 Å². The summed E-state index contributed by atoms with van der Waals surface area (Å²) in [6.45, 7) is 4.75. The fraction of sp³-hybridized carbons (Fsp3) is 0.929. The molecule has 2 aliphatic heterocycles. The molecule has 3 rings (SSSR count). The molecule has 2 atom stereocenters. The molecule has 7 heteroatoms. The highest BCUT2D eigenvalue weighted by atomic mass is 19.4. The third-order valence-corrected chi connectivity index (χ3v) is 4.53. The Bertz CT molecular complexity index is 445. The van der Waals surface area contributed by atoms with Gasteiger partial charge in [0.2, 0.25) is 5.91 Å². The number of hydrogen-bond acceptors (Lipinski definition) is 3. The number of alkyl halides is 3. The summed E-state index contributed by atoms with van der Waals surface area (Å²) in [5.74, 6) is -0.378. The monoisotopic (exact) mass is 307 g/mol. The average Bonchev–Trinajstić information content (AvgIpc) is 2.93. The van der Waals surface area contributed by atoms with Gasteiger partial charge in [0.25, 0.3) is 0 Å². The number of amides is 1. The smallest absolute Gasteiger partial charge is 0.376 e. The van der Waals surface area contributed by atoms with Gasteiger partial charge in [-0.1, -0.05) is 0 Å². The molecule has 3 fully saturated rings. The summed E-state index contributed by atoms with van der Waals surface area (Å²) in [6, 6.07) is -0.253. The van der Waals surface area contributed by atoms with Gasteiger partial charge >= 0.3 is 6.18 Å². The fourth-order valence-electron chi connectivity index (χ4n) is 3.43. The Morgan fingerprint density at radius 3 is 2.52 bits per heavy atom. The van der Waals surface area contributed by atoms with Gasteiger partial charge in [0.05, 0.1) is 36.7 Å². The second-order valence-electron chi connectivity index (χ2n) is 7.03. The minimum absolute atomic E-state index is 0.237. The van der Waals surface area contributed by atoms with Crippen molar-refractivity contribution in [1.29, 1.82) is 0 Å². The van der Waals surface area contributed by atoms with Crippen molar-refractivity contribution < 1.29 is 27.4 Å². The van der Waals surface area contributed by atoms with Crippen LogP contribution in [0.3, 0.4) is 0 Å². The predicted molar refractivity (Wildman–Crippen MR) is 67.6 cm³/mol. The Hall–Kier alpha value is -0.820. The summed E-state index contributed by atoms with van der Waals surface area (Å²) in [5, 5.41) is 0. The van der Waals surface area contributed by atoms with Gasteiger partial charge in [-0.2, -0.15) is 13.2 Å². The van der Waals surface area contributed by atoms with Crippen LogP contribution in [0.5, 0.6) is 0 Å². The molecule has 1 saturated carbocycles. The molecule has 0 N–H and O–H groups in total. The van der Waals surface area contributed by atoms with Crippen molar-refractivity contribution in [2.24, 2.45) is 5.41 Å². The quantitative estimate of drug-likeness (QED) is 0.784. The third-order valence-electron chi connectivity index (χ3n) is 4.53. The average molecular weight is 307 g/mol. The third kappa shape index (κ3) is 2.90. The molecule has 0 aromatic heterocycles. The number of carbonyl (C=O) groups is 1. The van der Waals surface area contributed by atoms with E-state index in [0.29, 0.717) is 32.6 Å². The largest absolute Gasteiger partial charge is 0.390 e. The summed E-state index contributed by atoms with van der Waals surface area (Å²) < 4.78 is 49.4.